The molecule has 23 heavy (non-hydrogen) atoms. The zero-order chi connectivity index (χ0) is 16.8. The van der Waals surface area contributed by atoms with Gasteiger partial charge < -0.3 is 9.84 Å². The van der Waals surface area contributed by atoms with Gasteiger partial charge >= 0.3 is 5.97 Å². The summed E-state index contributed by atoms with van der Waals surface area (Å²) in [6.07, 6.45) is 13.1. The molecule has 1 aromatic carbocycles. The van der Waals surface area contributed by atoms with Crippen molar-refractivity contribution in [2.24, 2.45) is 0 Å². The Labute approximate surface area is 141 Å². The molecule has 0 aliphatic rings. The van der Waals surface area contributed by atoms with E-state index in [0.717, 1.165) is 18.4 Å². The Hall–Kier alpha value is -1.35. The maximum absolute atomic E-state index is 11.7. The van der Waals surface area contributed by atoms with E-state index < -0.39 is 0 Å². The molecule has 0 atom stereocenters. The van der Waals surface area contributed by atoms with Crippen LogP contribution in [-0.4, -0.2) is 11.1 Å². The number of benzene rings is 1. The van der Waals surface area contributed by atoms with Gasteiger partial charge in [0.1, 0.15) is 5.75 Å². The number of hydrogen-bond acceptors (Lipinski definition) is 3. The minimum absolute atomic E-state index is 0.00678. The van der Waals surface area contributed by atoms with E-state index in [2.05, 4.69) is 6.92 Å². The van der Waals surface area contributed by atoms with Gasteiger partial charge in [0.2, 0.25) is 0 Å². The normalized spacial score (nSPS) is 10.7. The molecular formula is C20H32O3. The van der Waals surface area contributed by atoms with Crippen molar-refractivity contribution in [3.63, 3.8) is 0 Å². The molecule has 0 saturated heterocycles. The van der Waals surface area contributed by atoms with Crippen LogP contribution < -0.4 is 4.74 Å². The Morgan fingerprint density at radius 1 is 0.870 bits per heavy atom. The molecule has 1 rings (SSSR count). The van der Waals surface area contributed by atoms with Crippen molar-refractivity contribution in [1.29, 1.82) is 0 Å². The number of carbonyl (C=O) groups is 1. The van der Waals surface area contributed by atoms with Gasteiger partial charge in [-0.3, -0.25) is 4.79 Å². The molecule has 3 nitrogen and oxygen atoms in total. The average Bonchev–Trinajstić information content (AvgIpc) is 2.57. The maximum atomic E-state index is 11.7. The van der Waals surface area contributed by atoms with Crippen molar-refractivity contribution < 1.29 is 14.6 Å². The largest absolute Gasteiger partial charge is 0.427 e. The summed E-state index contributed by atoms with van der Waals surface area (Å²) in [5.41, 5.74) is 0.819. The van der Waals surface area contributed by atoms with Gasteiger partial charge in [0, 0.05) is 6.42 Å². The molecule has 1 N–H and O–H groups in total. The first-order valence-corrected chi connectivity index (χ1v) is 9.16. The van der Waals surface area contributed by atoms with Crippen LogP contribution in [0.15, 0.2) is 24.3 Å². The summed E-state index contributed by atoms with van der Waals surface area (Å²) in [5, 5.41) is 8.96. The highest BCUT2D eigenvalue weighted by molar-refractivity contribution is 5.72. The summed E-state index contributed by atoms with van der Waals surface area (Å²) in [5.74, 6) is 0.389. The van der Waals surface area contributed by atoms with Gasteiger partial charge in [0.25, 0.3) is 0 Å². The molecule has 0 fully saturated rings. The van der Waals surface area contributed by atoms with Crippen molar-refractivity contribution in [3.05, 3.63) is 29.8 Å². The molecule has 0 aliphatic carbocycles. The molecule has 0 amide bonds. The van der Waals surface area contributed by atoms with E-state index in [1.807, 2.05) is 0 Å². The van der Waals surface area contributed by atoms with Gasteiger partial charge in [0.05, 0.1) is 6.61 Å². The zero-order valence-corrected chi connectivity index (χ0v) is 14.6. The SMILES string of the molecule is CCCCCCCCCCCCC(=O)Oc1ccc(CO)cc1. The molecule has 3 heteroatoms. The molecule has 0 radical (unpaired) electrons. The molecule has 0 aromatic heterocycles. The average molecular weight is 320 g/mol. The lowest BCUT2D eigenvalue weighted by Crippen LogP contribution is -2.07. The Balaban J connectivity index is 1.97. The third kappa shape index (κ3) is 10.1. The lowest BCUT2D eigenvalue weighted by atomic mass is 10.1. The number of hydrogen-bond donors (Lipinski definition) is 1. The van der Waals surface area contributed by atoms with Crippen LogP contribution in [0, 0.1) is 0 Å². The number of ether oxygens (including phenoxy) is 1. The van der Waals surface area contributed by atoms with Gasteiger partial charge in [-0.15, -0.1) is 0 Å². The summed E-state index contributed by atoms with van der Waals surface area (Å²) >= 11 is 0. The standard InChI is InChI=1S/C20H32O3/c1-2-3-4-5-6-7-8-9-10-11-12-20(22)23-19-15-13-18(17-21)14-16-19/h13-16,21H,2-12,17H2,1H3. The number of aliphatic hydroxyl groups excluding tert-OH is 1. The van der Waals surface area contributed by atoms with Crippen LogP contribution in [0.3, 0.4) is 0 Å². The topological polar surface area (TPSA) is 46.5 Å². The van der Waals surface area contributed by atoms with Crippen LogP contribution in [0.25, 0.3) is 0 Å². The molecule has 1 aromatic rings. The first-order valence-electron chi connectivity index (χ1n) is 9.16. The molecular weight excluding hydrogens is 288 g/mol. The lowest BCUT2D eigenvalue weighted by Gasteiger charge is -2.05. The second-order valence-corrected chi connectivity index (χ2v) is 6.21. The van der Waals surface area contributed by atoms with Crippen LogP contribution in [0.2, 0.25) is 0 Å². The van der Waals surface area contributed by atoms with Crippen LogP contribution in [0.1, 0.15) is 83.1 Å². The fourth-order valence-corrected chi connectivity index (χ4v) is 2.60. The molecule has 0 unspecified atom stereocenters. The Morgan fingerprint density at radius 2 is 1.39 bits per heavy atom. The highest BCUT2D eigenvalue weighted by Gasteiger charge is 2.04. The highest BCUT2D eigenvalue weighted by Crippen LogP contribution is 2.15. The Bertz CT molecular complexity index is 411. The highest BCUT2D eigenvalue weighted by atomic mass is 16.5. The summed E-state index contributed by atoms with van der Waals surface area (Å²) in [4.78, 5) is 11.7. The molecule has 130 valence electrons. The summed E-state index contributed by atoms with van der Waals surface area (Å²) in [6.45, 7) is 2.25. The molecule has 0 bridgehead atoms. The van der Waals surface area contributed by atoms with Crippen molar-refractivity contribution in [2.75, 3.05) is 0 Å². The molecule has 0 spiro atoms. The van der Waals surface area contributed by atoms with Gasteiger partial charge in [-0.2, -0.15) is 0 Å². The van der Waals surface area contributed by atoms with Gasteiger partial charge in [-0.25, -0.2) is 0 Å². The van der Waals surface area contributed by atoms with E-state index in [-0.39, 0.29) is 12.6 Å². The van der Waals surface area contributed by atoms with Crippen LogP contribution in [0.4, 0.5) is 0 Å². The van der Waals surface area contributed by atoms with E-state index in [9.17, 15) is 4.79 Å². The smallest absolute Gasteiger partial charge is 0.311 e. The minimum Gasteiger partial charge on any atom is -0.427 e. The van der Waals surface area contributed by atoms with Gasteiger partial charge in [-0.05, 0) is 24.1 Å². The third-order valence-corrected chi connectivity index (χ3v) is 4.07. The van der Waals surface area contributed by atoms with Crippen molar-refractivity contribution >= 4 is 5.97 Å². The molecule has 0 aliphatic heterocycles. The van der Waals surface area contributed by atoms with Crippen molar-refractivity contribution in [3.8, 4) is 5.75 Å². The number of aliphatic hydroxyl groups is 1. The monoisotopic (exact) mass is 320 g/mol. The number of esters is 1. The number of rotatable bonds is 13. The number of carbonyl (C=O) groups excluding carboxylic acids is 1. The van der Waals surface area contributed by atoms with E-state index in [1.54, 1.807) is 24.3 Å². The van der Waals surface area contributed by atoms with Crippen LogP contribution >= 0.6 is 0 Å². The fraction of sp³-hybridized carbons (Fsp3) is 0.650. The quantitative estimate of drug-likeness (QED) is 0.301. The predicted molar refractivity (Wildman–Crippen MR) is 94.5 cm³/mol. The second kappa shape index (κ2) is 13.1. The lowest BCUT2D eigenvalue weighted by molar-refractivity contribution is -0.134. The van der Waals surface area contributed by atoms with Crippen molar-refractivity contribution in [2.45, 2.75) is 84.2 Å². The van der Waals surface area contributed by atoms with Crippen LogP contribution in [-0.2, 0) is 11.4 Å². The zero-order valence-electron chi connectivity index (χ0n) is 14.6. The van der Waals surface area contributed by atoms with E-state index in [0.29, 0.717) is 12.2 Å². The van der Waals surface area contributed by atoms with Gasteiger partial charge in [0.15, 0.2) is 0 Å². The fourth-order valence-electron chi connectivity index (χ4n) is 2.60. The summed E-state index contributed by atoms with van der Waals surface area (Å²) < 4.78 is 5.28. The van der Waals surface area contributed by atoms with E-state index in [4.69, 9.17) is 9.84 Å². The van der Waals surface area contributed by atoms with Crippen LogP contribution in [0.5, 0.6) is 5.75 Å². The maximum Gasteiger partial charge on any atom is 0.311 e. The molecule has 0 heterocycles. The third-order valence-electron chi connectivity index (χ3n) is 4.07. The summed E-state index contributed by atoms with van der Waals surface area (Å²) in [6, 6.07) is 6.98. The first-order chi connectivity index (χ1) is 11.3. The van der Waals surface area contributed by atoms with E-state index >= 15 is 0 Å². The first kappa shape index (κ1) is 19.7. The Kier molecular flexibility index (Phi) is 11.2. The minimum atomic E-state index is -0.165. The van der Waals surface area contributed by atoms with Gasteiger partial charge in [-0.1, -0.05) is 76.8 Å². The predicted octanol–water partition coefficient (Wildman–Crippen LogP) is 5.40. The Morgan fingerprint density at radius 3 is 1.91 bits per heavy atom. The van der Waals surface area contributed by atoms with E-state index in [1.165, 1.54) is 51.4 Å². The summed E-state index contributed by atoms with van der Waals surface area (Å²) in [7, 11) is 0. The molecule has 0 saturated carbocycles. The second-order valence-electron chi connectivity index (χ2n) is 6.21. The number of unbranched alkanes of at least 4 members (excludes halogenated alkanes) is 9. The van der Waals surface area contributed by atoms with Crippen molar-refractivity contribution in [1.82, 2.24) is 0 Å².